The second-order valence-electron chi connectivity index (χ2n) is 3.26. The largest absolute Gasteiger partial charge is 0.286 e. The molecule has 2 rings (SSSR count). The van der Waals surface area contributed by atoms with Gasteiger partial charge in [0.25, 0.3) is 0 Å². The molecule has 46 valence electrons. The van der Waals surface area contributed by atoms with Crippen molar-refractivity contribution < 1.29 is 0 Å². The lowest BCUT2D eigenvalue weighted by atomic mass is 9.65. The minimum atomic E-state index is 0.821. The molecule has 0 aromatic carbocycles. The predicted molar refractivity (Wildman–Crippen MR) is 37.6 cm³/mol. The Bertz CT molecular complexity index is 101. The van der Waals surface area contributed by atoms with Crippen molar-refractivity contribution in [2.24, 2.45) is 5.41 Å². The Morgan fingerprint density at radius 1 is 1.25 bits per heavy atom. The van der Waals surface area contributed by atoms with Gasteiger partial charge in [-0.2, -0.15) is 0 Å². The normalized spacial score (nSPS) is 34.1. The topological polar surface area (TPSA) is 3.24 Å². The van der Waals surface area contributed by atoms with Crippen LogP contribution in [0, 0.1) is 5.41 Å². The van der Waals surface area contributed by atoms with Gasteiger partial charge in [0.05, 0.1) is 0 Å². The highest BCUT2D eigenvalue weighted by Gasteiger charge is 2.45. The van der Waals surface area contributed by atoms with E-state index < -0.39 is 0 Å². The van der Waals surface area contributed by atoms with E-state index in [0.29, 0.717) is 0 Å². The van der Waals surface area contributed by atoms with Crippen molar-refractivity contribution >= 4 is 9.39 Å². The number of hydrogen-bond acceptors (Lipinski definition) is 1. The molecule has 0 radical (unpaired) electrons. The maximum Gasteiger partial charge on any atom is 0.00854 e. The quantitative estimate of drug-likeness (QED) is 0.445. The summed E-state index contributed by atoms with van der Waals surface area (Å²) in [5.74, 6) is 0. The minimum Gasteiger partial charge on any atom is -0.286 e. The van der Waals surface area contributed by atoms with Gasteiger partial charge in [-0.3, -0.25) is 4.67 Å². The minimum absolute atomic E-state index is 0.821. The summed E-state index contributed by atoms with van der Waals surface area (Å²) in [4.78, 5) is 0. The van der Waals surface area contributed by atoms with Gasteiger partial charge in [0.1, 0.15) is 0 Å². The van der Waals surface area contributed by atoms with Crippen molar-refractivity contribution in [3.8, 4) is 0 Å². The van der Waals surface area contributed by atoms with Gasteiger partial charge in [-0.25, -0.2) is 0 Å². The molecule has 2 fully saturated rings. The van der Waals surface area contributed by atoms with Crippen LogP contribution in [0.2, 0.25) is 0 Å². The molecule has 0 bridgehead atoms. The Morgan fingerprint density at radius 2 is 1.88 bits per heavy atom. The van der Waals surface area contributed by atoms with Crippen molar-refractivity contribution in [3.05, 3.63) is 0 Å². The number of rotatable bonds is 0. The first-order chi connectivity index (χ1) is 3.81. The van der Waals surface area contributed by atoms with Crippen LogP contribution < -0.4 is 0 Å². The van der Waals surface area contributed by atoms with E-state index in [1.54, 1.807) is 0 Å². The molecule has 1 saturated heterocycles. The molecule has 1 aliphatic carbocycles. The molecular weight excluding hydrogens is 117 g/mol. The van der Waals surface area contributed by atoms with Crippen LogP contribution in [0.15, 0.2) is 0 Å². The SMILES string of the molecule is PN1CC2(CCC2)C1. The lowest BCUT2D eigenvalue weighted by molar-refractivity contribution is -0.00230. The first kappa shape index (κ1) is 5.20. The standard InChI is InChI=1S/C6H12NP/c8-7-4-6(5-7)2-1-3-6/h1-5,8H2. The number of hydrogen-bond donors (Lipinski definition) is 0. The van der Waals surface area contributed by atoms with Gasteiger partial charge in [0, 0.05) is 13.1 Å². The Balaban J connectivity index is 1.92. The molecule has 1 aliphatic heterocycles. The molecule has 1 heterocycles. The van der Waals surface area contributed by atoms with E-state index in [-0.39, 0.29) is 0 Å². The molecule has 2 heteroatoms. The highest BCUT2D eigenvalue weighted by Crippen LogP contribution is 2.49. The van der Waals surface area contributed by atoms with Crippen LogP contribution in [0.4, 0.5) is 0 Å². The molecule has 0 amide bonds. The summed E-state index contributed by atoms with van der Waals surface area (Å²) < 4.78 is 2.33. The molecule has 0 N–H and O–H groups in total. The predicted octanol–water partition coefficient (Wildman–Crippen LogP) is 1.26. The molecule has 0 aromatic rings. The summed E-state index contributed by atoms with van der Waals surface area (Å²) in [5, 5.41) is 0. The fraction of sp³-hybridized carbons (Fsp3) is 1.00. The summed E-state index contributed by atoms with van der Waals surface area (Å²) in [6, 6.07) is 0. The average molecular weight is 129 g/mol. The molecular formula is C6H12NP. The van der Waals surface area contributed by atoms with E-state index >= 15 is 0 Å². The lowest BCUT2D eigenvalue weighted by Crippen LogP contribution is -2.55. The van der Waals surface area contributed by atoms with Crippen LogP contribution >= 0.6 is 9.39 Å². The Labute approximate surface area is 52.7 Å². The third-order valence-corrected chi connectivity index (χ3v) is 2.86. The Morgan fingerprint density at radius 3 is 2.00 bits per heavy atom. The van der Waals surface area contributed by atoms with Gasteiger partial charge < -0.3 is 0 Å². The maximum absolute atomic E-state index is 2.76. The van der Waals surface area contributed by atoms with E-state index in [2.05, 4.69) is 14.1 Å². The van der Waals surface area contributed by atoms with Gasteiger partial charge in [0.2, 0.25) is 0 Å². The fourth-order valence-electron chi connectivity index (χ4n) is 1.81. The van der Waals surface area contributed by atoms with Crippen molar-refractivity contribution in [1.82, 2.24) is 4.67 Å². The van der Waals surface area contributed by atoms with Crippen molar-refractivity contribution in [1.29, 1.82) is 0 Å². The third kappa shape index (κ3) is 0.549. The first-order valence-corrected chi connectivity index (χ1v) is 3.82. The zero-order valence-corrected chi connectivity index (χ0v) is 6.21. The second kappa shape index (κ2) is 1.46. The molecule has 1 spiro atoms. The van der Waals surface area contributed by atoms with E-state index in [4.69, 9.17) is 0 Å². The smallest absolute Gasteiger partial charge is 0.00854 e. The zero-order chi connectivity index (χ0) is 5.61. The molecule has 1 unspecified atom stereocenters. The Hall–Kier alpha value is 0.390. The summed E-state index contributed by atoms with van der Waals surface area (Å²) in [5.41, 5.74) is 0.821. The Kier molecular flexibility index (Phi) is 0.947. The lowest BCUT2D eigenvalue weighted by Gasteiger charge is -2.54. The van der Waals surface area contributed by atoms with Gasteiger partial charge >= 0.3 is 0 Å². The zero-order valence-electron chi connectivity index (χ0n) is 5.06. The van der Waals surface area contributed by atoms with E-state index in [1.807, 2.05) is 0 Å². The fourth-order valence-corrected chi connectivity index (χ4v) is 2.58. The number of nitrogens with zero attached hydrogens (tertiary/aromatic N) is 1. The van der Waals surface area contributed by atoms with Gasteiger partial charge in [-0.1, -0.05) is 15.8 Å². The van der Waals surface area contributed by atoms with Crippen LogP contribution in [0.25, 0.3) is 0 Å². The monoisotopic (exact) mass is 129 g/mol. The first-order valence-electron chi connectivity index (χ1n) is 3.30. The third-order valence-electron chi connectivity index (χ3n) is 2.49. The van der Waals surface area contributed by atoms with Crippen molar-refractivity contribution in [2.75, 3.05) is 13.1 Å². The highest BCUT2D eigenvalue weighted by molar-refractivity contribution is 7.13. The molecule has 1 nitrogen and oxygen atoms in total. The maximum atomic E-state index is 2.76. The summed E-state index contributed by atoms with van der Waals surface area (Å²) in [6.07, 6.45) is 4.48. The molecule has 2 aliphatic rings. The van der Waals surface area contributed by atoms with Gasteiger partial charge in [0.15, 0.2) is 0 Å². The van der Waals surface area contributed by atoms with Crippen molar-refractivity contribution in [2.45, 2.75) is 19.3 Å². The van der Waals surface area contributed by atoms with Crippen LogP contribution in [0.5, 0.6) is 0 Å². The second-order valence-corrected chi connectivity index (χ2v) is 3.99. The van der Waals surface area contributed by atoms with Crippen LogP contribution in [0.1, 0.15) is 19.3 Å². The van der Waals surface area contributed by atoms with Gasteiger partial charge in [-0.05, 0) is 18.3 Å². The summed E-state index contributed by atoms with van der Waals surface area (Å²) in [7, 11) is 2.76. The van der Waals surface area contributed by atoms with Crippen LogP contribution in [-0.4, -0.2) is 17.8 Å². The van der Waals surface area contributed by atoms with E-state index in [9.17, 15) is 0 Å². The van der Waals surface area contributed by atoms with Crippen LogP contribution in [-0.2, 0) is 0 Å². The van der Waals surface area contributed by atoms with Crippen LogP contribution in [0.3, 0.4) is 0 Å². The van der Waals surface area contributed by atoms with Gasteiger partial charge in [-0.15, -0.1) is 0 Å². The molecule has 1 atom stereocenters. The summed E-state index contributed by atoms with van der Waals surface area (Å²) >= 11 is 0. The molecule has 1 saturated carbocycles. The average Bonchev–Trinajstić information content (AvgIpc) is 1.51. The van der Waals surface area contributed by atoms with Crippen molar-refractivity contribution in [3.63, 3.8) is 0 Å². The van der Waals surface area contributed by atoms with E-state index in [0.717, 1.165) is 5.41 Å². The van der Waals surface area contributed by atoms with E-state index in [1.165, 1.54) is 32.4 Å². The molecule has 8 heavy (non-hydrogen) atoms. The molecule has 0 aromatic heterocycles. The highest BCUT2D eigenvalue weighted by atomic mass is 31.0. The summed E-state index contributed by atoms with van der Waals surface area (Å²) in [6.45, 7) is 2.69.